The lowest BCUT2D eigenvalue weighted by Crippen LogP contribution is -2.37. The summed E-state index contributed by atoms with van der Waals surface area (Å²) in [7, 11) is 0. The second-order valence-corrected chi connectivity index (χ2v) is 8.49. The van der Waals surface area contributed by atoms with Crippen molar-refractivity contribution in [3.8, 4) is 17.6 Å². The van der Waals surface area contributed by atoms with Crippen LogP contribution in [0.25, 0.3) is 5.69 Å². The Labute approximate surface area is 183 Å². The van der Waals surface area contributed by atoms with Gasteiger partial charge in [-0.2, -0.15) is 5.26 Å². The molecule has 1 saturated heterocycles. The monoisotopic (exact) mass is 434 g/mol. The molecule has 3 heterocycles. The predicted octanol–water partition coefficient (Wildman–Crippen LogP) is 3.63. The van der Waals surface area contributed by atoms with Crippen LogP contribution in [0.5, 0.6) is 5.88 Å². The highest BCUT2D eigenvalue weighted by molar-refractivity contribution is 6.32. The van der Waals surface area contributed by atoms with E-state index in [1.54, 1.807) is 28.5 Å². The topological polar surface area (TPSA) is 91.3 Å². The Morgan fingerprint density at radius 1 is 1.26 bits per heavy atom. The number of carbonyl (C=O) groups excluding carboxylic acids is 1. The molecule has 31 heavy (non-hydrogen) atoms. The molecule has 0 aliphatic carbocycles. The van der Waals surface area contributed by atoms with Gasteiger partial charge in [-0.1, -0.05) is 29.3 Å². The molecule has 0 radical (unpaired) electrons. The third-order valence-corrected chi connectivity index (χ3v) is 6.79. The summed E-state index contributed by atoms with van der Waals surface area (Å²) < 4.78 is 2.81. The van der Waals surface area contributed by atoms with Gasteiger partial charge in [-0.25, -0.2) is 9.36 Å². The van der Waals surface area contributed by atoms with Crippen LogP contribution in [0.15, 0.2) is 41.2 Å². The van der Waals surface area contributed by atoms with Crippen molar-refractivity contribution in [2.75, 3.05) is 6.54 Å². The number of imidazole rings is 1. The minimum Gasteiger partial charge on any atom is -0.493 e. The van der Waals surface area contributed by atoms with Gasteiger partial charge in [0.15, 0.2) is 0 Å². The van der Waals surface area contributed by atoms with Crippen LogP contribution in [0.4, 0.5) is 0 Å². The van der Waals surface area contributed by atoms with Gasteiger partial charge in [0, 0.05) is 12.1 Å². The van der Waals surface area contributed by atoms with Crippen LogP contribution < -0.4 is 5.69 Å². The lowest BCUT2D eigenvalue weighted by atomic mass is 10.1. The molecule has 1 fully saturated rings. The zero-order valence-corrected chi connectivity index (χ0v) is 17.7. The molecule has 156 valence electrons. The van der Waals surface area contributed by atoms with Gasteiger partial charge in [0.2, 0.25) is 5.88 Å². The van der Waals surface area contributed by atoms with E-state index in [1.165, 1.54) is 10.6 Å². The molecule has 0 saturated carbocycles. The third-order valence-electron chi connectivity index (χ3n) is 6.30. The van der Waals surface area contributed by atoms with Crippen LogP contribution in [0.1, 0.15) is 51.2 Å². The Morgan fingerprint density at radius 3 is 2.74 bits per heavy atom. The Bertz CT molecular complexity index is 1360. The minimum absolute atomic E-state index is 0.111. The quantitative estimate of drug-likeness (QED) is 0.666. The van der Waals surface area contributed by atoms with Gasteiger partial charge in [-0.05, 0) is 50.1 Å². The number of likely N-dealkylation sites (tertiary alicyclic amines) is 1. The van der Waals surface area contributed by atoms with E-state index < -0.39 is 0 Å². The molecule has 0 unspecified atom stereocenters. The number of fused-ring (bicyclic) bond motifs is 5. The van der Waals surface area contributed by atoms with Crippen molar-refractivity contribution in [2.45, 2.75) is 32.4 Å². The van der Waals surface area contributed by atoms with E-state index in [9.17, 15) is 20.0 Å². The van der Waals surface area contributed by atoms with Gasteiger partial charge in [0.05, 0.1) is 28.4 Å². The number of nitrogens with zero attached hydrogens (tertiary/aromatic N) is 4. The van der Waals surface area contributed by atoms with Crippen molar-refractivity contribution in [1.82, 2.24) is 14.0 Å². The van der Waals surface area contributed by atoms with Gasteiger partial charge in [-0.15, -0.1) is 0 Å². The summed E-state index contributed by atoms with van der Waals surface area (Å²) >= 11 is 6.28. The molecule has 2 aromatic carbocycles. The van der Waals surface area contributed by atoms with Crippen molar-refractivity contribution in [3.05, 3.63) is 79.9 Å². The van der Waals surface area contributed by atoms with Crippen LogP contribution in [0.2, 0.25) is 5.02 Å². The Morgan fingerprint density at radius 2 is 2.03 bits per heavy atom. The van der Waals surface area contributed by atoms with Gasteiger partial charge < -0.3 is 10.0 Å². The molecule has 3 aromatic rings. The maximum Gasteiger partial charge on any atom is 0.336 e. The highest BCUT2D eigenvalue weighted by atomic mass is 35.5. The number of carbonyl (C=O) groups is 1. The fraction of sp³-hybridized carbons (Fsp3) is 0.261. The molecule has 2 aliphatic heterocycles. The van der Waals surface area contributed by atoms with E-state index >= 15 is 0 Å². The molecule has 5 rings (SSSR count). The first-order valence-electron chi connectivity index (χ1n) is 9.96. The number of aromatic nitrogens is 2. The molecule has 1 amide bonds. The van der Waals surface area contributed by atoms with E-state index in [1.807, 2.05) is 31.2 Å². The van der Waals surface area contributed by atoms with Gasteiger partial charge >= 0.3 is 5.69 Å². The average Bonchev–Trinajstić information content (AvgIpc) is 3.41. The predicted molar refractivity (Wildman–Crippen MR) is 115 cm³/mol. The first-order chi connectivity index (χ1) is 14.8. The summed E-state index contributed by atoms with van der Waals surface area (Å²) in [4.78, 5) is 28.1. The number of aromatic hydroxyl groups is 1. The average molecular weight is 435 g/mol. The molecule has 1 aromatic heterocycles. The Kier molecular flexibility index (Phi) is 4.24. The number of hydrogen-bond acceptors (Lipinski definition) is 4. The molecule has 8 heteroatoms. The first kappa shape index (κ1) is 19.5. The minimum atomic E-state index is -0.374. The second kappa shape index (κ2) is 6.76. The summed E-state index contributed by atoms with van der Waals surface area (Å²) in [6.45, 7) is 4.05. The van der Waals surface area contributed by atoms with Crippen molar-refractivity contribution >= 4 is 17.5 Å². The van der Waals surface area contributed by atoms with Gasteiger partial charge in [0.1, 0.15) is 11.8 Å². The summed E-state index contributed by atoms with van der Waals surface area (Å²) in [6, 6.07) is 12.0. The largest absolute Gasteiger partial charge is 0.493 e. The van der Waals surface area contributed by atoms with Crippen LogP contribution in [-0.4, -0.2) is 31.6 Å². The molecule has 1 N–H and O–H groups in total. The normalized spacial score (nSPS) is 18.8. The zero-order chi connectivity index (χ0) is 22.0. The highest BCUT2D eigenvalue weighted by Gasteiger charge is 2.49. The summed E-state index contributed by atoms with van der Waals surface area (Å²) in [5.74, 6) is -0.303. The van der Waals surface area contributed by atoms with Gasteiger partial charge in [0.25, 0.3) is 5.91 Å². The fourth-order valence-electron chi connectivity index (χ4n) is 4.84. The third kappa shape index (κ3) is 2.65. The first-order valence-corrected chi connectivity index (χ1v) is 10.3. The molecule has 2 aliphatic rings. The molecular formula is C23H19ClN4O3. The number of halogens is 1. The van der Waals surface area contributed by atoms with Crippen LogP contribution >= 0.6 is 11.6 Å². The number of nitriles is 1. The van der Waals surface area contributed by atoms with Crippen LogP contribution in [0.3, 0.4) is 0 Å². The Balaban J connectivity index is 1.60. The van der Waals surface area contributed by atoms with Crippen molar-refractivity contribution in [1.29, 1.82) is 5.26 Å². The van der Waals surface area contributed by atoms with Crippen molar-refractivity contribution in [3.63, 3.8) is 0 Å². The molecule has 2 bridgehead atoms. The number of amides is 1. The summed E-state index contributed by atoms with van der Waals surface area (Å²) in [5.41, 5.74) is 2.92. The van der Waals surface area contributed by atoms with Crippen molar-refractivity contribution < 1.29 is 9.90 Å². The zero-order valence-electron chi connectivity index (χ0n) is 17.0. The maximum absolute atomic E-state index is 13.2. The van der Waals surface area contributed by atoms with E-state index in [0.29, 0.717) is 41.0 Å². The highest BCUT2D eigenvalue weighted by Crippen LogP contribution is 2.49. The van der Waals surface area contributed by atoms with E-state index in [4.69, 9.17) is 11.6 Å². The van der Waals surface area contributed by atoms with E-state index in [0.717, 1.165) is 5.56 Å². The van der Waals surface area contributed by atoms with Crippen LogP contribution in [-0.2, 0) is 0 Å². The smallest absolute Gasteiger partial charge is 0.336 e. The fourth-order valence-corrected chi connectivity index (χ4v) is 5.04. The SMILES string of the molecule is Cc1cccc(C(=O)N2C[C@@H]3C[C@H]2c2c(O)n(-c4ccc(C#N)c(Cl)c4C)c(=O)n23)c1. The molecule has 7 nitrogen and oxygen atoms in total. The maximum atomic E-state index is 13.2. The van der Waals surface area contributed by atoms with E-state index in [-0.39, 0.29) is 34.6 Å². The number of rotatable bonds is 2. The van der Waals surface area contributed by atoms with E-state index in [2.05, 4.69) is 0 Å². The number of aryl methyl sites for hydroxylation is 1. The molecule has 2 atom stereocenters. The summed E-state index contributed by atoms with van der Waals surface area (Å²) in [6.07, 6.45) is 0.601. The van der Waals surface area contributed by atoms with Crippen LogP contribution in [0, 0.1) is 25.2 Å². The Hall–Kier alpha value is -3.50. The number of hydrogen-bond donors (Lipinski definition) is 1. The molecule has 0 spiro atoms. The van der Waals surface area contributed by atoms with Gasteiger partial charge in [-0.3, -0.25) is 9.36 Å². The number of benzene rings is 2. The van der Waals surface area contributed by atoms with Crippen molar-refractivity contribution in [2.24, 2.45) is 0 Å². The molecular weight excluding hydrogens is 416 g/mol. The second-order valence-electron chi connectivity index (χ2n) is 8.11. The standard InChI is InChI=1S/C23H19ClN4O3/c1-12-4-3-5-14(8-12)21(29)26-11-16-9-18(26)20-22(30)28(23(31)27(16)20)17-7-6-15(10-25)19(24)13(17)2/h3-8,16,18,30H,9,11H2,1-2H3/t16-,18-/m0/s1. The summed E-state index contributed by atoms with van der Waals surface area (Å²) in [5, 5.41) is 20.5. The lowest BCUT2D eigenvalue weighted by molar-refractivity contribution is 0.0711. The lowest BCUT2D eigenvalue weighted by Gasteiger charge is -2.27.